The molecule has 1 unspecified atom stereocenters. The molecule has 4 rings (SSSR count). The number of nitrogens with zero attached hydrogens (tertiary/aromatic N) is 2. The first-order valence-corrected chi connectivity index (χ1v) is 10.2. The third-order valence-corrected chi connectivity index (χ3v) is 5.95. The van der Waals surface area contributed by atoms with Crippen LogP contribution in [0.4, 0.5) is 5.82 Å². The molecule has 0 saturated heterocycles. The summed E-state index contributed by atoms with van der Waals surface area (Å²) >= 11 is 0. The summed E-state index contributed by atoms with van der Waals surface area (Å²) in [4.78, 5) is 4.59. The third kappa shape index (κ3) is 3.53. The standard InChI is InChI=1S/C25H25N3O3/c1-29-21-12-10-17(23(30-2)24(21)31-3)22-18-13-16(15-7-5-4-6-8-15)9-11-20(18)28-25(27)19(22)14-26/h4-8,10,12,16H,9,11,13H2,1-3H3,(H2,27,28). The summed E-state index contributed by atoms with van der Waals surface area (Å²) in [7, 11) is 4.72. The van der Waals surface area contributed by atoms with Crippen molar-refractivity contribution in [3.8, 4) is 34.4 Å². The fraction of sp³-hybridized carbons (Fsp3) is 0.280. The second kappa shape index (κ2) is 8.57. The largest absolute Gasteiger partial charge is 0.493 e. The van der Waals surface area contributed by atoms with E-state index < -0.39 is 0 Å². The maximum Gasteiger partial charge on any atom is 0.203 e. The smallest absolute Gasteiger partial charge is 0.203 e. The van der Waals surface area contributed by atoms with Crippen LogP contribution in [-0.4, -0.2) is 26.3 Å². The van der Waals surface area contributed by atoms with Gasteiger partial charge in [-0.2, -0.15) is 5.26 Å². The number of nitriles is 1. The Balaban J connectivity index is 1.96. The number of nitrogens with two attached hydrogens (primary N) is 1. The van der Waals surface area contributed by atoms with Crippen LogP contribution in [-0.2, 0) is 12.8 Å². The molecule has 6 nitrogen and oxygen atoms in total. The van der Waals surface area contributed by atoms with E-state index in [0.717, 1.165) is 41.6 Å². The van der Waals surface area contributed by atoms with E-state index >= 15 is 0 Å². The molecule has 1 aliphatic carbocycles. The van der Waals surface area contributed by atoms with Crippen molar-refractivity contribution < 1.29 is 14.2 Å². The lowest BCUT2D eigenvalue weighted by atomic mass is 9.78. The van der Waals surface area contributed by atoms with Crippen LogP contribution in [0.1, 0.15) is 34.7 Å². The molecule has 1 aromatic heterocycles. The van der Waals surface area contributed by atoms with Crippen molar-refractivity contribution in [2.45, 2.75) is 25.2 Å². The number of anilines is 1. The molecule has 0 bridgehead atoms. The van der Waals surface area contributed by atoms with Crippen LogP contribution in [0.15, 0.2) is 42.5 Å². The van der Waals surface area contributed by atoms with Crippen LogP contribution in [0, 0.1) is 11.3 Å². The maximum absolute atomic E-state index is 9.97. The Labute approximate surface area is 182 Å². The van der Waals surface area contributed by atoms with Crippen LogP contribution >= 0.6 is 0 Å². The maximum atomic E-state index is 9.97. The fourth-order valence-corrected chi connectivity index (χ4v) is 4.50. The van der Waals surface area contributed by atoms with Crippen molar-refractivity contribution >= 4 is 5.82 Å². The highest BCUT2D eigenvalue weighted by molar-refractivity contribution is 5.85. The predicted molar refractivity (Wildman–Crippen MR) is 120 cm³/mol. The minimum absolute atomic E-state index is 0.242. The topological polar surface area (TPSA) is 90.4 Å². The van der Waals surface area contributed by atoms with Gasteiger partial charge in [0.05, 0.1) is 21.3 Å². The van der Waals surface area contributed by atoms with E-state index in [9.17, 15) is 5.26 Å². The number of aromatic nitrogens is 1. The van der Waals surface area contributed by atoms with Crippen molar-refractivity contribution in [2.24, 2.45) is 0 Å². The van der Waals surface area contributed by atoms with E-state index in [2.05, 4.69) is 35.3 Å². The molecule has 0 fully saturated rings. The zero-order valence-corrected chi connectivity index (χ0v) is 17.9. The summed E-state index contributed by atoms with van der Waals surface area (Å²) in [6, 6.07) is 16.4. The Bertz CT molecular complexity index is 1150. The van der Waals surface area contributed by atoms with Crippen LogP contribution < -0.4 is 19.9 Å². The Morgan fingerprint density at radius 3 is 2.39 bits per heavy atom. The molecule has 158 valence electrons. The lowest BCUT2D eigenvalue weighted by molar-refractivity contribution is 0.325. The van der Waals surface area contributed by atoms with Gasteiger partial charge in [0.2, 0.25) is 5.75 Å². The predicted octanol–water partition coefficient (Wildman–Crippen LogP) is 4.50. The molecule has 1 atom stereocenters. The molecular formula is C25H25N3O3. The van der Waals surface area contributed by atoms with Gasteiger partial charge in [-0.25, -0.2) is 4.98 Å². The van der Waals surface area contributed by atoms with Gasteiger partial charge >= 0.3 is 0 Å². The monoisotopic (exact) mass is 415 g/mol. The molecule has 0 spiro atoms. The summed E-state index contributed by atoms with van der Waals surface area (Å²) < 4.78 is 16.7. The average molecular weight is 415 g/mol. The van der Waals surface area contributed by atoms with E-state index in [1.807, 2.05) is 18.2 Å². The summed E-state index contributed by atoms with van der Waals surface area (Å²) in [5, 5.41) is 9.97. The van der Waals surface area contributed by atoms with Gasteiger partial charge < -0.3 is 19.9 Å². The van der Waals surface area contributed by atoms with E-state index in [1.54, 1.807) is 21.3 Å². The summed E-state index contributed by atoms with van der Waals surface area (Å²) in [6.07, 6.45) is 2.55. The molecule has 31 heavy (non-hydrogen) atoms. The van der Waals surface area contributed by atoms with Crippen LogP contribution in [0.5, 0.6) is 17.2 Å². The Hall–Kier alpha value is -3.72. The second-order valence-corrected chi connectivity index (χ2v) is 7.52. The van der Waals surface area contributed by atoms with Crippen molar-refractivity contribution in [1.82, 2.24) is 4.98 Å². The molecule has 2 aromatic carbocycles. The molecule has 0 saturated carbocycles. The Morgan fingerprint density at radius 1 is 1.00 bits per heavy atom. The van der Waals surface area contributed by atoms with Crippen molar-refractivity contribution in [1.29, 1.82) is 5.26 Å². The van der Waals surface area contributed by atoms with Gasteiger partial charge in [0.25, 0.3) is 0 Å². The quantitative estimate of drug-likeness (QED) is 0.660. The highest BCUT2D eigenvalue weighted by atomic mass is 16.5. The van der Waals surface area contributed by atoms with Crippen molar-refractivity contribution in [2.75, 3.05) is 27.1 Å². The lowest BCUT2D eigenvalue weighted by Crippen LogP contribution is -2.18. The molecule has 1 heterocycles. The van der Waals surface area contributed by atoms with Crippen molar-refractivity contribution in [3.63, 3.8) is 0 Å². The number of hydrogen-bond acceptors (Lipinski definition) is 6. The van der Waals surface area contributed by atoms with Crippen LogP contribution in [0.25, 0.3) is 11.1 Å². The normalized spacial score (nSPS) is 15.0. The van der Waals surface area contributed by atoms with Gasteiger partial charge in [0.15, 0.2) is 11.5 Å². The molecule has 0 aliphatic heterocycles. The van der Waals surface area contributed by atoms with Gasteiger partial charge in [-0.1, -0.05) is 30.3 Å². The Morgan fingerprint density at radius 2 is 1.74 bits per heavy atom. The van der Waals surface area contributed by atoms with E-state index in [-0.39, 0.29) is 5.82 Å². The third-order valence-electron chi connectivity index (χ3n) is 5.95. The first-order chi connectivity index (χ1) is 15.1. The highest BCUT2D eigenvalue weighted by Gasteiger charge is 2.30. The van der Waals surface area contributed by atoms with Crippen LogP contribution in [0.3, 0.4) is 0 Å². The van der Waals surface area contributed by atoms with Gasteiger partial charge in [-0.3, -0.25) is 0 Å². The Kier molecular flexibility index (Phi) is 5.68. The SMILES string of the molecule is COc1ccc(-c2c(C#N)c(N)nc3c2CC(c2ccccc2)CC3)c(OC)c1OC. The zero-order valence-electron chi connectivity index (χ0n) is 17.9. The molecule has 3 aromatic rings. The average Bonchev–Trinajstić information content (AvgIpc) is 2.82. The molecule has 0 amide bonds. The molecule has 6 heteroatoms. The number of benzene rings is 2. The van der Waals surface area contributed by atoms with Gasteiger partial charge in [-0.15, -0.1) is 0 Å². The van der Waals surface area contributed by atoms with Gasteiger partial charge in [0.1, 0.15) is 17.5 Å². The minimum Gasteiger partial charge on any atom is -0.493 e. The summed E-state index contributed by atoms with van der Waals surface area (Å²) in [5.74, 6) is 2.13. The highest BCUT2D eigenvalue weighted by Crippen LogP contribution is 2.48. The van der Waals surface area contributed by atoms with E-state index in [4.69, 9.17) is 19.9 Å². The molecule has 2 N–H and O–H groups in total. The van der Waals surface area contributed by atoms with Gasteiger partial charge in [0, 0.05) is 16.8 Å². The van der Waals surface area contributed by atoms with Crippen molar-refractivity contribution in [3.05, 3.63) is 64.8 Å². The number of pyridine rings is 1. The van der Waals surface area contributed by atoms with Gasteiger partial charge in [-0.05, 0) is 48.4 Å². The second-order valence-electron chi connectivity index (χ2n) is 7.52. The number of ether oxygens (including phenoxy) is 3. The van der Waals surface area contributed by atoms with E-state index in [0.29, 0.717) is 28.7 Å². The number of rotatable bonds is 5. The summed E-state index contributed by atoms with van der Waals surface area (Å²) in [5.41, 5.74) is 11.4. The number of methoxy groups -OCH3 is 3. The molecular weight excluding hydrogens is 390 g/mol. The number of aryl methyl sites for hydroxylation is 1. The zero-order chi connectivity index (χ0) is 22.0. The minimum atomic E-state index is 0.242. The van der Waals surface area contributed by atoms with E-state index in [1.165, 1.54) is 5.56 Å². The number of hydrogen-bond donors (Lipinski definition) is 1. The fourth-order valence-electron chi connectivity index (χ4n) is 4.50. The number of fused-ring (bicyclic) bond motifs is 1. The molecule has 1 aliphatic rings. The first kappa shape index (κ1) is 20.5. The lowest BCUT2D eigenvalue weighted by Gasteiger charge is -2.28. The number of nitrogen functional groups attached to an aromatic ring is 1. The molecule has 0 radical (unpaired) electrons. The summed E-state index contributed by atoms with van der Waals surface area (Å²) in [6.45, 7) is 0. The first-order valence-electron chi connectivity index (χ1n) is 10.2. The van der Waals surface area contributed by atoms with Crippen LogP contribution in [0.2, 0.25) is 0 Å².